The monoisotopic (exact) mass is 125 g/mol. The summed E-state index contributed by atoms with van der Waals surface area (Å²) in [5, 5.41) is 0. The van der Waals surface area contributed by atoms with Crippen molar-refractivity contribution in [3.63, 3.8) is 0 Å². The first kappa shape index (κ1) is 6.16. The van der Waals surface area contributed by atoms with Gasteiger partial charge in [-0.25, -0.2) is 0 Å². The van der Waals surface area contributed by atoms with Gasteiger partial charge in [0.25, 0.3) is 0 Å². The zero-order chi connectivity index (χ0) is 6.69. The minimum absolute atomic E-state index is 0.0972. The Bertz CT molecular complexity index is 172. The zero-order valence-electron chi connectivity index (χ0n) is 5.07. The number of carbonyl (C=O) groups excluding carboxylic acids is 1. The molecule has 1 atom stereocenters. The molecule has 1 aliphatic rings. The lowest BCUT2D eigenvalue weighted by molar-refractivity contribution is -0.119. The highest BCUT2D eigenvalue weighted by atomic mass is 16.5. The summed E-state index contributed by atoms with van der Waals surface area (Å²) in [5.74, 6) is -0.0972. The first-order chi connectivity index (χ1) is 4.34. The molecule has 48 valence electrons. The van der Waals surface area contributed by atoms with Gasteiger partial charge in [0.2, 0.25) is 5.78 Å². The van der Waals surface area contributed by atoms with Crippen molar-refractivity contribution in [2.24, 2.45) is 4.99 Å². The fourth-order valence-corrected chi connectivity index (χ4v) is 0.607. The molecule has 0 radical (unpaired) electrons. The predicted molar refractivity (Wildman–Crippen MR) is 33.4 cm³/mol. The lowest BCUT2D eigenvalue weighted by Gasteiger charge is -2.06. The third-order valence-corrected chi connectivity index (χ3v) is 1.08. The van der Waals surface area contributed by atoms with Gasteiger partial charge >= 0.3 is 0 Å². The van der Waals surface area contributed by atoms with E-state index in [1.807, 2.05) is 0 Å². The second kappa shape index (κ2) is 2.55. The van der Waals surface area contributed by atoms with E-state index in [2.05, 4.69) is 4.99 Å². The van der Waals surface area contributed by atoms with Crippen molar-refractivity contribution < 1.29 is 9.53 Å². The zero-order valence-corrected chi connectivity index (χ0v) is 5.07. The number of ketones is 1. The molecule has 1 heterocycles. The molecular weight excluding hydrogens is 118 g/mol. The van der Waals surface area contributed by atoms with Gasteiger partial charge in [-0.2, -0.15) is 0 Å². The molecule has 0 fully saturated rings. The van der Waals surface area contributed by atoms with Crippen LogP contribution in [0, 0.1) is 0 Å². The van der Waals surface area contributed by atoms with Crippen LogP contribution in [0.25, 0.3) is 0 Å². The van der Waals surface area contributed by atoms with Gasteiger partial charge in [-0.3, -0.25) is 9.79 Å². The number of hydrogen-bond donors (Lipinski definition) is 0. The average Bonchev–Trinajstić information content (AvgIpc) is 1.89. The maximum atomic E-state index is 10.7. The number of methoxy groups -OCH3 is 1. The van der Waals surface area contributed by atoms with E-state index in [0.717, 1.165) is 0 Å². The number of rotatable bonds is 1. The van der Waals surface area contributed by atoms with Crippen LogP contribution >= 0.6 is 0 Å². The van der Waals surface area contributed by atoms with Gasteiger partial charge in [-0.15, -0.1) is 0 Å². The average molecular weight is 125 g/mol. The van der Waals surface area contributed by atoms with Crippen LogP contribution in [-0.2, 0) is 9.53 Å². The largest absolute Gasteiger partial charge is 0.369 e. The Morgan fingerprint density at radius 3 is 3.00 bits per heavy atom. The fraction of sp³-hybridized carbons (Fsp3) is 0.333. The van der Waals surface area contributed by atoms with Gasteiger partial charge in [0.1, 0.15) is 6.10 Å². The van der Waals surface area contributed by atoms with Crippen LogP contribution in [0.4, 0.5) is 0 Å². The van der Waals surface area contributed by atoms with E-state index in [-0.39, 0.29) is 5.78 Å². The second-order valence-corrected chi connectivity index (χ2v) is 1.68. The summed E-state index contributed by atoms with van der Waals surface area (Å²) in [6.07, 6.45) is 4.01. The van der Waals surface area contributed by atoms with Gasteiger partial charge < -0.3 is 4.74 Å². The number of nitrogens with zero attached hydrogens (tertiary/aromatic N) is 1. The summed E-state index contributed by atoms with van der Waals surface area (Å²) >= 11 is 0. The summed E-state index contributed by atoms with van der Waals surface area (Å²) in [4.78, 5) is 14.3. The van der Waals surface area contributed by atoms with Crippen molar-refractivity contribution in [3.8, 4) is 0 Å². The summed E-state index contributed by atoms with van der Waals surface area (Å²) in [5.41, 5.74) is 0. The highest BCUT2D eigenvalue weighted by Gasteiger charge is 2.13. The molecule has 0 saturated heterocycles. The lowest BCUT2D eigenvalue weighted by Crippen LogP contribution is -2.23. The Balaban J connectivity index is 2.66. The molecule has 1 rings (SSSR count). The van der Waals surface area contributed by atoms with Gasteiger partial charge in [0.15, 0.2) is 0 Å². The molecule has 0 aromatic rings. The van der Waals surface area contributed by atoms with E-state index in [1.54, 1.807) is 12.3 Å². The first-order valence-electron chi connectivity index (χ1n) is 2.61. The molecule has 0 bridgehead atoms. The third kappa shape index (κ3) is 1.23. The molecule has 0 aromatic carbocycles. The van der Waals surface area contributed by atoms with Crippen molar-refractivity contribution in [2.75, 3.05) is 7.11 Å². The molecule has 3 nitrogen and oxygen atoms in total. The highest BCUT2D eigenvalue weighted by Crippen LogP contribution is 1.97. The Labute approximate surface area is 53.0 Å². The molecule has 0 spiro atoms. The van der Waals surface area contributed by atoms with Crippen molar-refractivity contribution >= 4 is 12.0 Å². The molecule has 0 aromatic heterocycles. The van der Waals surface area contributed by atoms with Crippen LogP contribution in [0.5, 0.6) is 0 Å². The van der Waals surface area contributed by atoms with Crippen LogP contribution in [0.15, 0.2) is 17.3 Å². The second-order valence-electron chi connectivity index (χ2n) is 1.68. The lowest BCUT2D eigenvalue weighted by atomic mass is 10.2. The van der Waals surface area contributed by atoms with E-state index in [4.69, 9.17) is 4.74 Å². The molecular formula is C6H7NO2. The summed E-state index contributed by atoms with van der Waals surface area (Å²) < 4.78 is 4.78. The first-order valence-corrected chi connectivity index (χ1v) is 2.61. The van der Waals surface area contributed by atoms with E-state index in [9.17, 15) is 4.79 Å². The molecule has 9 heavy (non-hydrogen) atoms. The Morgan fingerprint density at radius 2 is 2.56 bits per heavy atom. The minimum Gasteiger partial charge on any atom is -0.369 e. The quantitative estimate of drug-likeness (QED) is 0.501. The Kier molecular flexibility index (Phi) is 1.75. The molecule has 1 unspecified atom stereocenters. The van der Waals surface area contributed by atoms with Crippen LogP contribution in [-0.4, -0.2) is 25.2 Å². The van der Waals surface area contributed by atoms with E-state index in [0.29, 0.717) is 0 Å². The van der Waals surface area contributed by atoms with Crippen LogP contribution in [0.1, 0.15) is 0 Å². The van der Waals surface area contributed by atoms with Crippen molar-refractivity contribution in [1.82, 2.24) is 0 Å². The Morgan fingerprint density at radius 1 is 1.78 bits per heavy atom. The summed E-state index contributed by atoms with van der Waals surface area (Å²) in [6, 6.07) is 0. The van der Waals surface area contributed by atoms with Crippen LogP contribution in [0.2, 0.25) is 0 Å². The number of ether oxygens (including phenoxy) is 1. The molecule has 0 amide bonds. The predicted octanol–water partition coefficient (Wildman–Crippen LogP) is 0.169. The maximum absolute atomic E-state index is 10.7. The van der Waals surface area contributed by atoms with E-state index >= 15 is 0 Å². The number of carbonyl (C=O) groups is 1. The smallest absolute Gasteiger partial charge is 0.206 e. The fourth-order valence-electron chi connectivity index (χ4n) is 0.607. The summed E-state index contributed by atoms with van der Waals surface area (Å²) in [6.45, 7) is 0. The SMILES string of the molecule is COC1C=CN=CC1=O. The van der Waals surface area contributed by atoms with Gasteiger partial charge in [0, 0.05) is 13.3 Å². The number of Topliss-reactive ketones (excluding diaryl/α,β-unsaturated/α-hetero) is 1. The molecule has 0 aliphatic carbocycles. The van der Waals surface area contributed by atoms with Crippen molar-refractivity contribution in [3.05, 3.63) is 12.3 Å². The van der Waals surface area contributed by atoms with Gasteiger partial charge in [0.05, 0.1) is 6.21 Å². The topological polar surface area (TPSA) is 38.7 Å². The summed E-state index contributed by atoms with van der Waals surface area (Å²) in [7, 11) is 1.49. The maximum Gasteiger partial charge on any atom is 0.206 e. The highest BCUT2D eigenvalue weighted by molar-refractivity contribution is 6.30. The normalized spacial score (nSPS) is 25.0. The van der Waals surface area contributed by atoms with Crippen molar-refractivity contribution in [1.29, 1.82) is 0 Å². The van der Waals surface area contributed by atoms with E-state index in [1.165, 1.54) is 13.3 Å². The number of hydrogen-bond acceptors (Lipinski definition) is 3. The number of aliphatic imine (C=N–C) groups is 1. The minimum atomic E-state index is -0.414. The van der Waals surface area contributed by atoms with Gasteiger partial charge in [-0.1, -0.05) is 0 Å². The van der Waals surface area contributed by atoms with Gasteiger partial charge in [-0.05, 0) is 6.08 Å². The molecule has 3 heteroatoms. The third-order valence-electron chi connectivity index (χ3n) is 1.08. The Hall–Kier alpha value is -0.960. The molecule has 1 aliphatic heterocycles. The van der Waals surface area contributed by atoms with Crippen LogP contribution in [0.3, 0.4) is 0 Å². The standard InChI is InChI=1S/C6H7NO2/c1-9-6-2-3-7-4-5(6)8/h2-4,6H,1H3. The van der Waals surface area contributed by atoms with E-state index < -0.39 is 6.10 Å². The molecule has 0 saturated carbocycles. The van der Waals surface area contributed by atoms with Crippen molar-refractivity contribution in [2.45, 2.75) is 6.10 Å². The van der Waals surface area contributed by atoms with Crippen LogP contribution < -0.4 is 0 Å². The molecule has 0 N–H and O–H groups in total.